The highest BCUT2D eigenvalue weighted by Gasteiger charge is 2.20. The van der Waals surface area contributed by atoms with Crippen LogP contribution in [0, 0.1) is 0 Å². The summed E-state index contributed by atoms with van der Waals surface area (Å²) in [6, 6.07) is 8.93. The number of hydrogen-bond acceptors (Lipinski definition) is 4. The molecule has 0 saturated carbocycles. The number of hydrogen-bond donors (Lipinski definition) is 1. The van der Waals surface area contributed by atoms with Crippen molar-refractivity contribution >= 4 is 22.6 Å². The van der Waals surface area contributed by atoms with E-state index in [0.717, 1.165) is 5.39 Å². The van der Waals surface area contributed by atoms with Crippen LogP contribution in [0.25, 0.3) is 11.0 Å². The molecule has 1 unspecified atom stereocenters. The van der Waals surface area contributed by atoms with Gasteiger partial charge in [-0.05, 0) is 18.2 Å². The van der Waals surface area contributed by atoms with Crippen LogP contribution in [0.5, 0.6) is 5.75 Å². The summed E-state index contributed by atoms with van der Waals surface area (Å²) in [5.74, 6) is 0.921. The highest BCUT2D eigenvalue weighted by Crippen LogP contribution is 2.34. The van der Waals surface area contributed by atoms with Gasteiger partial charge >= 0.3 is 0 Å². The summed E-state index contributed by atoms with van der Waals surface area (Å²) in [5, 5.41) is 11.8. The molecule has 2 aromatic heterocycles. The fourth-order valence-electron chi connectivity index (χ4n) is 2.12. The summed E-state index contributed by atoms with van der Waals surface area (Å²) in [6.45, 7) is 0. The maximum atomic E-state index is 10.5. The van der Waals surface area contributed by atoms with Crippen LogP contribution >= 0.6 is 11.6 Å². The van der Waals surface area contributed by atoms with Gasteiger partial charge in [0.25, 0.3) is 0 Å². The summed E-state index contributed by atoms with van der Waals surface area (Å²) in [4.78, 5) is 3.96. The summed E-state index contributed by atoms with van der Waals surface area (Å²) in [5.41, 5.74) is 1.16. The topological polar surface area (TPSA) is 55.5 Å². The first kappa shape index (κ1) is 13.0. The highest BCUT2D eigenvalue weighted by atomic mass is 35.5. The Hall–Kier alpha value is -2.04. The zero-order valence-electron chi connectivity index (χ0n) is 10.7. The molecule has 0 spiro atoms. The monoisotopic (exact) mass is 289 g/mol. The molecule has 0 aliphatic carbocycles. The first-order valence-electron chi connectivity index (χ1n) is 6.04. The minimum atomic E-state index is -0.934. The smallest absolute Gasteiger partial charge is 0.153 e. The van der Waals surface area contributed by atoms with E-state index in [2.05, 4.69) is 4.98 Å². The summed E-state index contributed by atoms with van der Waals surface area (Å²) in [7, 11) is 1.53. The number of nitrogens with zero attached hydrogens (tertiary/aromatic N) is 1. The third kappa shape index (κ3) is 2.13. The van der Waals surface area contributed by atoms with Gasteiger partial charge in [0.1, 0.15) is 17.6 Å². The molecule has 4 nitrogen and oxygen atoms in total. The zero-order valence-corrected chi connectivity index (χ0v) is 11.5. The maximum absolute atomic E-state index is 10.5. The molecule has 1 N–H and O–H groups in total. The minimum Gasteiger partial charge on any atom is -0.495 e. The molecule has 0 bridgehead atoms. The number of rotatable bonds is 3. The van der Waals surface area contributed by atoms with Crippen molar-refractivity contribution < 1.29 is 14.3 Å². The maximum Gasteiger partial charge on any atom is 0.153 e. The van der Waals surface area contributed by atoms with Gasteiger partial charge in [0, 0.05) is 17.1 Å². The Morgan fingerprint density at radius 3 is 2.95 bits per heavy atom. The number of benzene rings is 1. The van der Waals surface area contributed by atoms with E-state index in [1.54, 1.807) is 30.6 Å². The fraction of sp³-hybridized carbons (Fsp3) is 0.133. The molecule has 5 heteroatoms. The number of aromatic nitrogens is 1. The fourth-order valence-corrected chi connectivity index (χ4v) is 2.34. The predicted molar refractivity (Wildman–Crippen MR) is 76.1 cm³/mol. The van der Waals surface area contributed by atoms with Crippen LogP contribution in [0.1, 0.15) is 17.4 Å². The average molecular weight is 290 g/mol. The van der Waals surface area contributed by atoms with Crippen molar-refractivity contribution in [3.63, 3.8) is 0 Å². The quantitative estimate of drug-likeness (QED) is 0.801. The van der Waals surface area contributed by atoms with E-state index >= 15 is 0 Å². The zero-order chi connectivity index (χ0) is 14.1. The third-order valence-corrected chi connectivity index (χ3v) is 3.41. The van der Waals surface area contributed by atoms with Gasteiger partial charge in [-0.2, -0.15) is 0 Å². The Bertz CT molecular complexity index is 754. The number of ether oxygens (including phenoxy) is 1. The average Bonchev–Trinajstić information content (AvgIpc) is 2.92. The van der Waals surface area contributed by atoms with Crippen molar-refractivity contribution in [3.05, 3.63) is 59.1 Å². The molecule has 1 aromatic carbocycles. The second kappa shape index (κ2) is 5.15. The number of aliphatic hydroxyl groups excluding tert-OH is 1. The normalized spacial score (nSPS) is 12.6. The lowest BCUT2D eigenvalue weighted by atomic mass is 10.1. The number of aliphatic hydroxyl groups is 1. The molecule has 0 fully saturated rings. The van der Waals surface area contributed by atoms with E-state index in [-0.39, 0.29) is 0 Å². The van der Waals surface area contributed by atoms with Crippen LogP contribution < -0.4 is 4.74 Å². The van der Waals surface area contributed by atoms with Crippen molar-refractivity contribution in [2.24, 2.45) is 0 Å². The highest BCUT2D eigenvalue weighted by molar-refractivity contribution is 6.34. The number of pyridine rings is 1. The molecular formula is C15H12ClNO3. The van der Waals surface area contributed by atoms with Crippen LogP contribution in [-0.4, -0.2) is 17.2 Å². The van der Waals surface area contributed by atoms with Crippen molar-refractivity contribution in [2.45, 2.75) is 6.10 Å². The first-order chi connectivity index (χ1) is 9.70. The number of para-hydroxylation sites is 1. The molecular weight excluding hydrogens is 278 g/mol. The summed E-state index contributed by atoms with van der Waals surface area (Å²) >= 11 is 6.07. The summed E-state index contributed by atoms with van der Waals surface area (Å²) in [6.07, 6.45) is 2.21. The predicted octanol–water partition coefficient (Wildman–Crippen LogP) is 3.57. The van der Waals surface area contributed by atoms with E-state index in [9.17, 15) is 5.11 Å². The van der Waals surface area contributed by atoms with Crippen molar-refractivity contribution in [1.29, 1.82) is 0 Å². The number of methoxy groups -OCH3 is 1. The lowest BCUT2D eigenvalue weighted by molar-refractivity contribution is 0.187. The Balaban J connectivity index is 2.08. The van der Waals surface area contributed by atoms with Crippen LogP contribution in [0.3, 0.4) is 0 Å². The molecule has 102 valence electrons. The standard InChI is InChI=1S/C15H12ClNO3/c1-19-13-8-17-6-5-10(13)14(18)12-7-9-3-2-4-11(16)15(9)20-12/h2-8,14,18H,1H3. The first-order valence-corrected chi connectivity index (χ1v) is 6.42. The Labute approximate surface area is 120 Å². The van der Waals surface area contributed by atoms with Crippen molar-refractivity contribution in [3.8, 4) is 5.75 Å². The van der Waals surface area contributed by atoms with Crippen LogP contribution in [0.15, 0.2) is 47.1 Å². The minimum absolute atomic E-state index is 0.414. The van der Waals surface area contributed by atoms with Crippen LogP contribution in [0.2, 0.25) is 5.02 Å². The molecule has 20 heavy (non-hydrogen) atoms. The van der Waals surface area contributed by atoms with Gasteiger partial charge in [0.2, 0.25) is 0 Å². The molecule has 0 radical (unpaired) electrons. The second-order valence-corrected chi connectivity index (χ2v) is 4.73. The molecule has 0 aliphatic rings. The number of furan rings is 1. The molecule has 3 aromatic rings. The Morgan fingerprint density at radius 1 is 1.35 bits per heavy atom. The van der Waals surface area contributed by atoms with Gasteiger partial charge in [-0.3, -0.25) is 4.98 Å². The molecule has 0 amide bonds. The van der Waals surface area contributed by atoms with Gasteiger partial charge in [0.15, 0.2) is 5.58 Å². The van der Waals surface area contributed by atoms with Gasteiger partial charge in [0.05, 0.1) is 18.3 Å². The van der Waals surface area contributed by atoms with Gasteiger partial charge in [-0.25, -0.2) is 0 Å². The summed E-state index contributed by atoms with van der Waals surface area (Å²) < 4.78 is 10.9. The molecule has 2 heterocycles. The number of fused-ring (bicyclic) bond motifs is 1. The molecule has 1 atom stereocenters. The lowest BCUT2D eigenvalue weighted by Crippen LogP contribution is -2.01. The van der Waals surface area contributed by atoms with E-state index in [1.807, 2.05) is 12.1 Å². The van der Waals surface area contributed by atoms with Gasteiger partial charge in [-0.1, -0.05) is 23.7 Å². The van der Waals surface area contributed by atoms with Crippen LogP contribution in [-0.2, 0) is 0 Å². The van der Waals surface area contributed by atoms with Crippen molar-refractivity contribution in [1.82, 2.24) is 4.98 Å². The molecule has 0 aliphatic heterocycles. The molecule has 3 rings (SSSR count). The Kier molecular flexibility index (Phi) is 3.34. The lowest BCUT2D eigenvalue weighted by Gasteiger charge is -2.11. The number of halogens is 1. The van der Waals surface area contributed by atoms with Gasteiger partial charge in [-0.15, -0.1) is 0 Å². The second-order valence-electron chi connectivity index (χ2n) is 4.33. The van der Waals surface area contributed by atoms with E-state index < -0.39 is 6.10 Å². The third-order valence-electron chi connectivity index (χ3n) is 3.12. The van der Waals surface area contributed by atoms with Gasteiger partial charge < -0.3 is 14.3 Å². The van der Waals surface area contributed by atoms with Crippen molar-refractivity contribution in [2.75, 3.05) is 7.11 Å². The van der Waals surface area contributed by atoms with Crippen LogP contribution in [0.4, 0.5) is 0 Å². The SMILES string of the molecule is COc1cnccc1C(O)c1cc2cccc(Cl)c2o1. The molecule has 0 saturated heterocycles. The largest absolute Gasteiger partial charge is 0.495 e. The van der Waals surface area contributed by atoms with E-state index in [0.29, 0.717) is 27.7 Å². The Morgan fingerprint density at radius 2 is 2.20 bits per heavy atom. The van der Waals surface area contributed by atoms with E-state index in [1.165, 1.54) is 7.11 Å². The van der Waals surface area contributed by atoms with E-state index in [4.69, 9.17) is 20.8 Å².